The average molecular weight is 231 g/mol. The number of nitrogens with one attached hydrogen (secondary N) is 1. The van der Waals surface area contributed by atoms with Gasteiger partial charge in [0, 0.05) is 12.3 Å². The third kappa shape index (κ3) is 2.24. The fourth-order valence-electron chi connectivity index (χ4n) is 0.975. The summed E-state index contributed by atoms with van der Waals surface area (Å²) >= 11 is 1.09. The molecular formula is C9H5N5OS. The molecule has 2 aromatic heterocycles. The van der Waals surface area contributed by atoms with E-state index in [-0.39, 0.29) is 5.56 Å². The topological polar surface area (TPSA) is 95.3 Å². The van der Waals surface area contributed by atoms with Gasteiger partial charge < -0.3 is 4.98 Å². The van der Waals surface area contributed by atoms with Crippen LogP contribution in [-0.2, 0) is 0 Å². The molecule has 7 heteroatoms. The summed E-state index contributed by atoms with van der Waals surface area (Å²) in [5.74, 6) is 0. The highest BCUT2D eigenvalue weighted by molar-refractivity contribution is 7.99. The summed E-state index contributed by atoms with van der Waals surface area (Å²) in [6.07, 6.45) is 2.83. The Morgan fingerprint density at radius 1 is 1.38 bits per heavy atom. The average Bonchev–Trinajstić information content (AvgIpc) is 2.30. The lowest BCUT2D eigenvalue weighted by Gasteiger charge is -1.99. The molecule has 0 atom stereocenters. The number of hydrogen-bond donors (Lipinski definition) is 1. The van der Waals surface area contributed by atoms with Gasteiger partial charge in [0.15, 0.2) is 5.16 Å². The number of H-pyrrole nitrogens is 1. The van der Waals surface area contributed by atoms with Crippen LogP contribution in [-0.4, -0.2) is 20.2 Å². The lowest BCUT2D eigenvalue weighted by atomic mass is 10.3. The van der Waals surface area contributed by atoms with Crippen molar-refractivity contribution in [1.29, 1.82) is 5.26 Å². The first-order valence-corrected chi connectivity index (χ1v) is 5.06. The van der Waals surface area contributed by atoms with Crippen molar-refractivity contribution in [2.75, 3.05) is 0 Å². The second kappa shape index (κ2) is 4.55. The predicted molar refractivity (Wildman–Crippen MR) is 55.7 cm³/mol. The molecular weight excluding hydrogens is 226 g/mol. The van der Waals surface area contributed by atoms with Crippen molar-refractivity contribution in [2.45, 2.75) is 10.2 Å². The minimum Gasteiger partial charge on any atom is -0.301 e. The quantitative estimate of drug-likeness (QED) is 0.759. The third-order valence-electron chi connectivity index (χ3n) is 1.65. The SMILES string of the molecule is N#Cc1ccnnc1Sc1nccc(=O)[nH]1. The molecule has 0 bridgehead atoms. The number of hydrogen-bond acceptors (Lipinski definition) is 6. The van der Waals surface area contributed by atoms with Crippen molar-refractivity contribution < 1.29 is 0 Å². The Morgan fingerprint density at radius 3 is 3.00 bits per heavy atom. The Bertz CT molecular complexity index is 603. The van der Waals surface area contributed by atoms with Crippen LogP contribution in [0.3, 0.4) is 0 Å². The Hall–Kier alpha value is -2.20. The van der Waals surface area contributed by atoms with E-state index in [0.29, 0.717) is 15.7 Å². The normalized spacial score (nSPS) is 9.69. The van der Waals surface area contributed by atoms with Gasteiger partial charge in [-0.2, -0.15) is 10.4 Å². The number of rotatable bonds is 2. The first-order chi connectivity index (χ1) is 7.79. The van der Waals surface area contributed by atoms with Crippen LogP contribution in [0.15, 0.2) is 39.5 Å². The van der Waals surface area contributed by atoms with Crippen LogP contribution in [0.4, 0.5) is 0 Å². The van der Waals surface area contributed by atoms with Crippen molar-refractivity contribution in [2.24, 2.45) is 0 Å². The minimum absolute atomic E-state index is 0.250. The van der Waals surface area contributed by atoms with E-state index in [2.05, 4.69) is 20.2 Å². The van der Waals surface area contributed by atoms with Crippen LogP contribution in [0.5, 0.6) is 0 Å². The van der Waals surface area contributed by atoms with Crippen molar-refractivity contribution >= 4 is 11.8 Å². The highest BCUT2D eigenvalue weighted by Crippen LogP contribution is 2.23. The van der Waals surface area contributed by atoms with Crippen LogP contribution in [0.1, 0.15) is 5.56 Å². The molecule has 0 aliphatic carbocycles. The third-order valence-corrected chi connectivity index (χ3v) is 2.54. The monoisotopic (exact) mass is 231 g/mol. The molecule has 0 aliphatic rings. The zero-order valence-corrected chi connectivity index (χ0v) is 8.73. The summed E-state index contributed by atoms with van der Waals surface area (Å²) in [6, 6.07) is 4.85. The van der Waals surface area contributed by atoms with E-state index in [4.69, 9.17) is 5.26 Å². The summed E-state index contributed by atoms with van der Waals surface area (Å²) < 4.78 is 0. The van der Waals surface area contributed by atoms with Gasteiger partial charge in [-0.1, -0.05) is 0 Å². The fraction of sp³-hybridized carbons (Fsp3) is 0. The zero-order chi connectivity index (χ0) is 11.4. The van der Waals surface area contributed by atoms with Gasteiger partial charge in [0.05, 0.1) is 11.8 Å². The summed E-state index contributed by atoms with van der Waals surface area (Å²) in [4.78, 5) is 17.5. The van der Waals surface area contributed by atoms with Gasteiger partial charge in [-0.05, 0) is 17.8 Å². The van der Waals surface area contributed by atoms with Gasteiger partial charge in [-0.15, -0.1) is 5.10 Å². The number of nitriles is 1. The highest BCUT2D eigenvalue weighted by Gasteiger charge is 2.07. The van der Waals surface area contributed by atoms with Crippen molar-refractivity contribution in [3.8, 4) is 6.07 Å². The van der Waals surface area contributed by atoms with E-state index in [1.807, 2.05) is 6.07 Å². The van der Waals surface area contributed by atoms with Gasteiger partial charge in [0.1, 0.15) is 11.1 Å². The van der Waals surface area contributed by atoms with Gasteiger partial charge in [-0.25, -0.2) is 4.98 Å². The first-order valence-electron chi connectivity index (χ1n) is 4.24. The van der Waals surface area contributed by atoms with Crippen LogP contribution in [0.2, 0.25) is 0 Å². The second-order valence-electron chi connectivity index (χ2n) is 2.70. The summed E-state index contributed by atoms with van der Waals surface area (Å²) in [7, 11) is 0. The molecule has 0 unspecified atom stereocenters. The van der Waals surface area contributed by atoms with E-state index in [0.717, 1.165) is 11.8 Å². The fourth-order valence-corrected chi connectivity index (χ4v) is 1.73. The molecule has 16 heavy (non-hydrogen) atoms. The molecule has 0 spiro atoms. The number of nitrogens with zero attached hydrogens (tertiary/aromatic N) is 4. The molecule has 0 radical (unpaired) electrons. The maximum atomic E-state index is 11.0. The smallest absolute Gasteiger partial charge is 0.251 e. The molecule has 2 heterocycles. The van der Waals surface area contributed by atoms with Gasteiger partial charge in [0.2, 0.25) is 0 Å². The lowest BCUT2D eigenvalue weighted by Crippen LogP contribution is -2.05. The molecule has 2 rings (SSSR count). The Morgan fingerprint density at radius 2 is 2.25 bits per heavy atom. The van der Waals surface area contributed by atoms with Gasteiger partial charge in [-0.3, -0.25) is 4.79 Å². The largest absolute Gasteiger partial charge is 0.301 e. The van der Waals surface area contributed by atoms with Crippen LogP contribution < -0.4 is 5.56 Å². The van der Waals surface area contributed by atoms with E-state index < -0.39 is 0 Å². The molecule has 2 aromatic rings. The minimum atomic E-state index is -0.250. The van der Waals surface area contributed by atoms with E-state index in [1.54, 1.807) is 6.07 Å². The molecule has 1 N–H and O–H groups in total. The molecule has 6 nitrogen and oxygen atoms in total. The Kier molecular flexibility index (Phi) is 2.93. The zero-order valence-electron chi connectivity index (χ0n) is 7.91. The standard InChI is InChI=1S/C9H5N5OS/c10-5-6-1-4-12-14-8(6)16-9-11-3-2-7(15)13-9/h1-4H,(H,11,13,15). The Labute approximate surface area is 94.4 Å². The summed E-state index contributed by atoms with van der Waals surface area (Å²) in [6.45, 7) is 0. The van der Waals surface area contributed by atoms with Crippen molar-refractivity contribution in [3.05, 3.63) is 40.4 Å². The van der Waals surface area contributed by atoms with Crippen molar-refractivity contribution in [1.82, 2.24) is 20.2 Å². The first kappa shape index (κ1) is 10.3. The van der Waals surface area contributed by atoms with Crippen LogP contribution >= 0.6 is 11.8 Å². The molecule has 0 amide bonds. The van der Waals surface area contributed by atoms with Crippen molar-refractivity contribution in [3.63, 3.8) is 0 Å². The molecule has 0 aliphatic heterocycles. The van der Waals surface area contributed by atoms with Crippen LogP contribution in [0.25, 0.3) is 0 Å². The van der Waals surface area contributed by atoms with E-state index in [9.17, 15) is 4.79 Å². The molecule has 0 fully saturated rings. The second-order valence-corrected chi connectivity index (χ2v) is 3.68. The molecule has 0 saturated carbocycles. The number of aromatic nitrogens is 4. The Balaban J connectivity index is 2.35. The van der Waals surface area contributed by atoms with E-state index in [1.165, 1.54) is 18.5 Å². The maximum absolute atomic E-state index is 11.0. The summed E-state index contributed by atoms with van der Waals surface area (Å²) in [5.41, 5.74) is 0.145. The van der Waals surface area contributed by atoms with Gasteiger partial charge in [0.25, 0.3) is 5.56 Å². The summed E-state index contributed by atoms with van der Waals surface area (Å²) in [5, 5.41) is 17.1. The highest BCUT2D eigenvalue weighted by atomic mass is 32.2. The molecule has 0 saturated heterocycles. The number of aromatic amines is 1. The lowest BCUT2D eigenvalue weighted by molar-refractivity contribution is 0.896. The predicted octanol–water partition coefficient (Wildman–Crippen LogP) is 0.583. The van der Waals surface area contributed by atoms with E-state index >= 15 is 0 Å². The molecule has 78 valence electrons. The van der Waals surface area contributed by atoms with Gasteiger partial charge >= 0.3 is 0 Å². The maximum Gasteiger partial charge on any atom is 0.251 e. The molecule has 0 aromatic carbocycles. The van der Waals surface area contributed by atoms with Crippen LogP contribution in [0, 0.1) is 11.3 Å².